The summed E-state index contributed by atoms with van der Waals surface area (Å²) in [5.74, 6) is 2.27. The minimum Gasteiger partial charge on any atom is -0.493 e. The van der Waals surface area contributed by atoms with E-state index in [1.165, 1.54) is 0 Å². The van der Waals surface area contributed by atoms with Crippen LogP contribution < -0.4 is 14.2 Å². The molecule has 3 rings (SSSR count). The number of nitrogens with one attached hydrogen (secondary N) is 1. The first-order chi connectivity index (χ1) is 14.0. The third-order valence-corrected chi connectivity index (χ3v) is 5.05. The highest BCUT2D eigenvalue weighted by atomic mass is 16.5. The molecule has 0 fully saturated rings. The SMILES string of the molecule is COc1ccc(C2=NC(CCC(=N)c3cccc(OC(C)C)c3)CC2)cc1OC. The van der Waals surface area contributed by atoms with Gasteiger partial charge in [-0.25, -0.2) is 0 Å². The number of rotatable bonds is 9. The predicted octanol–water partition coefficient (Wildman–Crippen LogP) is 5.29. The molecule has 0 aromatic heterocycles. The summed E-state index contributed by atoms with van der Waals surface area (Å²) in [6.45, 7) is 4.01. The number of ether oxygens (including phenoxy) is 3. The molecule has 1 aliphatic heterocycles. The highest BCUT2D eigenvalue weighted by Crippen LogP contribution is 2.30. The predicted molar refractivity (Wildman–Crippen MR) is 117 cm³/mol. The maximum atomic E-state index is 8.45. The Labute approximate surface area is 173 Å². The van der Waals surface area contributed by atoms with E-state index in [1.807, 2.05) is 56.3 Å². The summed E-state index contributed by atoms with van der Waals surface area (Å²) < 4.78 is 16.5. The van der Waals surface area contributed by atoms with E-state index in [0.717, 1.165) is 53.3 Å². The monoisotopic (exact) mass is 394 g/mol. The van der Waals surface area contributed by atoms with Crippen LogP contribution in [0.4, 0.5) is 0 Å². The van der Waals surface area contributed by atoms with E-state index in [4.69, 9.17) is 24.6 Å². The van der Waals surface area contributed by atoms with Crippen molar-refractivity contribution in [2.75, 3.05) is 14.2 Å². The van der Waals surface area contributed by atoms with E-state index >= 15 is 0 Å². The topological polar surface area (TPSA) is 63.9 Å². The van der Waals surface area contributed by atoms with Crippen LogP contribution in [0.1, 0.15) is 50.7 Å². The molecule has 0 saturated carbocycles. The van der Waals surface area contributed by atoms with Crippen LogP contribution in [0.5, 0.6) is 17.2 Å². The third-order valence-electron chi connectivity index (χ3n) is 5.05. The summed E-state index contributed by atoms with van der Waals surface area (Å²) in [5, 5.41) is 8.45. The summed E-state index contributed by atoms with van der Waals surface area (Å²) >= 11 is 0. The van der Waals surface area contributed by atoms with Gasteiger partial charge in [-0.15, -0.1) is 0 Å². The Morgan fingerprint density at radius 3 is 2.62 bits per heavy atom. The van der Waals surface area contributed by atoms with Gasteiger partial charge in [-0.2, -0.15) is 0 Å². The maximum Gasteiger partial charge on any atom is 0.161 e. The van der Waals surface area contributed by atoms with Crippen molar-refractivity contribution in [1.29, 1.82) is 5.41 Å². The molecule has 154 valence electrons. The third kappa shape index (κ3) is 5.37. The Kier molecular flexibility index (Phi) is 6.91. The van der Waals surface area contributed by atoms with Gasteiger partial charge in [-0.3, -0.25) is 4.99 Å². The molecule has 1 aliphatic rings. The first kappa shape index (κ1) is 20.9. The molecule has 5 nitrogen and oxygen atoms in total. The zero-order chi connectivity index (χ0) is 20.8. The van der Waals surface area contributed by atoms with E-state index in [2.05, 4.69) is 0 Å². The molecule has 1 atom stereocenters. The van der Waals surface area contributed by atoms with Crippen LogP contribution >= 0.6 is 0 Å². The molecule has 0 spiro atoms. The second kappa shape index (κ2) is 9.59. The zero-order valence-corrected chi connectivity index (χ0v) is 17.7. The quantitative estimate of drug-likeness (QED) is 0.588. The van der Waals surface area contributed by atoms with E-state index in [-0.39, 0.29) is 12.1 Å². The van der Waals surface area contributed by atoms with Crippen molar-refractivity contribution < 1.29 is 14.2 Å². The van der Waals surface area contributed by atoms with Crippen molar-refractivity contribution in [3.8, 4) is 17.2 Å². The molecule has 1 heterocycles. The van der Waals surface area contributed by atoms with Crippen molar-refractivity contribution >= 4 is 11.4 Å². The second-order valence-corrected chi connectivity index (χ2v) is 7.55. The molecule has 0 radical (unpaired) electrons. The highest BCUT2D eigenvalue weighted by Gasteiger charge is 2.20. The van der Waals surface area contributed by atoms with Gasteiger partial charge in [0.15, 0.2) is 11.5 Å². The molecule has 1 N–H and O–H groups in total. The van der Waals surface area contributed by atoms with Gasteiger partial charge < -0.3 is 19.6 Å². The zero-order valence-electron chi connectivity index (χ0n) is 17.7. The van der Waals surface area contributed by atoms with Crippen LogP contribution in [-0.4, -0.2) is 37.8 Å². The molecule has 0 aliphatic carbocycles. The lowest BCUT2D eigenvalue weighted by Crippen LogP contribution is -2.08. The van der Waals surface area contributed by atoms with E-state index in [9.17, 15) is 0 Å². The van der Waals surface area contributed by atoms with E-state index in [0.29, 0.717) is 12.1 Å². The van der Waals surface area contributed by atoms with Crippen molar-refractivity contribution in [1.82, 2.24) is 0 Å². The fourth-order valence-corrected chi connectivity index (χ4v) is 3.58. The molecule has 2 aromatic carbocycles. The first-order valence-corrected chi connectivity index (χ1v) is 10.1. The van der Waals surface area contributed by atoms with E-state index in [1.54, 1.807) is 14.2 Å². The van der Waals surface area contributed by atoms with Crippen molar-refractivity contribution in [2.45, 2.75) is 51.7 Å². The lowest BCUT2D eigenvalue weighted by Gasteiger charge is -2.12. The number of benzene rings is 2. The van der Waals surface area contributed by atoms with E-state index < -0.39 is 0 Å². The molecular weight excluding hydrogens is 364 g/mol. The van der Waals surface area contributed by atoms with Gasteiger partial charge in [0.2, 0.25) is 0 Å². The second-order valence-electron chi connectivity index (χ2n) is 7.55. The van der Waals surface area contributed by atoms with Gasteiger partial charge >= 0.3 is 0 Å². The van der Waals surface area contributed by atoms with Gasteiger partial charge in [0.25, 0.3) is 0 Å². The van der Waals surface area contributed by atoms with Crippen LogP contribution in [0.25, 0.3) is 0 Å². The van der Waals surface area contributed by atoms with Crippen molar-refractivity contribution in [3.63, 3.8) is 0 Å². The minimum atomic E-state index is 0.127. The highest BCUT2D eigenvalue weighted by molar-refractivity contribution is 6.02. The van der Waals surface area contributed by atoms with Crippen LogP contribution in [-0.2, 0) is 0 Å². The maximum absolute atomic E-state index is 8.45. The fourth-order valence-electron chi connectivity index (χ4n) is 3.58. The Balaban J connectivity index is 1.61. The van der Waals surface area contributed by atoms with Gasteiger partial charge in [0.05, 0.1) is 26.4 Å². The Hall–Kier alpha value is -2.82. The lowest BCUT2D eigenvalue weighted by atomic mass is 10.0. The standard InChI is InChI=1S/C24H30N2O3/c1-16(2)29-20-7-5-6-17(14-20)21(25)11-9-19-10-12-22(26-19)18-8-13-23(27-3)24(15-18)28-4/h5-8,13-16,19,25H,9-12H2,1-4H3. The van der Waals surface area contributed by atoms with Crippen LogP contribution in [0.15, 0.2) is 47.5 Å². The van der Waals surface area contributed by atoms with Gasteiger partial charge in [-0.05, 0) is 81.0 Å². The Morgan fingerprint density at radius 2 is 1.90 bits per heavy atom. The molecule has 0 bridgehead atoms. The number of methoxy groups -OCH3 is 2. The fraction of sp³-hybridized carbons (Fsp3) is 0.417. The molecule has 2 aromatic rings. The van der Waals surface area contributed by atoms with Crippen molar-refractivity contribution in [2.24, 2.45) is 4.99 Å². The number of nitrogens with zero attached hydrogens (tertiary/aromatic N) is 1. The minimum absolute atomic E-state index is 0.127. The van der Waals surface area contributed by atoms with Crippen molar-refractivity contribution in [3.05, 3.63) is 53.6 Å². The number of hydrogen-bond donors (Lipinski definition) is 1. The summed E-state index contributed by atoms with van der Waals surface area (Å²) in [6, 6.07) is 14.0. The summed E-state index contributed by atoms with van der Waals surface area (Å²) in [7, 11) is 3.29. The number of aliphatic imine (C=N–C) groups is 1. The van der Waals surface area contributed by atoms with Gasteiger partial charge in [0, 0.05) is 11.4 Å². The largest absolute Gasteiger partial charge is 0.493 e. The molecule has 5 heteroatoms. The normalized spacial score (nSPS) is 15.9. The average Bonchev–Trinajstić information content (AvgIpc) is 3.20. The Morgan fingerprint density at radius 1 is 1.10 bits per heavy atom. The van der Waals surface area contributed by atoms with Crippen LogP contribution in [0, 0.1) is 5.41 Å². The molecular formula is C24H30N2O3. The number of hydrogen-bond acceptors (Lipinski definition) is 5. The summed E-state index contributed by atoms with van der Waals surface area (Å²) in [4.78, 5) is 4.91. The smallest absolute Gasteiger partial charge is 0.161 e. The molecule has 29 heavy (non-hydrogen) atoms. The summed E-state index contributed by atoms with van der Waals surface area (Å²) in [6.07, 6.45) is 3.68. The van der Waals surface area contributed by atoms with Gasteiger partial charge in [-0.1, -0.05) is 12.1 Å². The lowest BCUT2D eigenvalue weighted by molar-refractivity contribution is 0.242. The van der Waals surface area contributed by atoms with Gasteiger partial charge in [0.1, 0.15) is 5.75 Å². The van der Waals surface area contributed by atoms with Crippen LogP contribution in [0.2, 0.25) is 0 Å². The molecule has 1 unspecified atom stereocenters. The molecule has 0 saturated heterocycles. The molecule has 0 amide bonds. The van der Waals surface area contributed by atoms with Crippen LogP contribution in [0.3, 0.4) is 0 Å². The average molecular weight is 395 g/mol. The Bertz CT molecular complexity index is 889. The first-order valence-electron chi connectivity index (χ1n) is 10.1. The summed E-state index contributed by atoms with van der Waals surface area (Å²) in [5.41, 5.74) is 3.74.